The number of carbonyl (C=O) groups excluding carboxylic acids is 1. The molecule has 0 aliphatic rings. The highest BCUT2D eigenvalue weighted by Gasteiger charge is 2.07. The molecule has 2 aromatic rings. The molecule has 0 radical (unpaired) electrons. The maximum absolute atomic E-state index is 11.7. The molecular formula is C16H13NO3. The Morgan fingerprint density at radius 1 is 1.15 bits per heavy atom. The number of nitrogens with zero attached hydrogens (tertiary/aromatic N) is 1. The summed E-state index contributed by atoms with van der Waals surface area (Å²) < 4.78 is 10.5. The molecular weight excluding hydrogens is 254 g/mol. The van der Waals surface area contributed by atoms with Gasteiger partial charge in [-0.3, -0.25) is 0 Å². The van der Waals surface area contributed by atoms with E-state index in [1.165, 1.54) is 0 Å². The van der Waals surface area contributed by atoms with Crippen molar-refractivity contribution in [1.29, 1.82) is 5.26 Å². The summed E-state index contributed by atoms with van der Waals surface area (Å²) in [7, 11) is 0. The molecule has 2 rings (SSSR count). The average molecular weight is 267 g/mol. The maximum Gasteiger partial charge on any atom is 0.349 e. The molecule has 0 fully saturated rings. The number of rotatable bonds is 4. The molecule has 100 valence electrons. The number of hydrogen-bond acceptors (Lipinski definition) is 4. The first-order chi connectivity index (χ1) is 9.69. The number of hydrogen-bond donors (Lipinski definition) is 0. The van der Waals surface area contributed by atoms with E-state index in [0.717, 1.165) is 5.56 Å². The van der Waals surface area contributed by atoms with E-state index in [0.29, 0.717) is 17.1 Å². The highest BCUT2D eigenvalue weighted by atomic mass is 16.6. The van der Waals surface area contributed by atoms with Crippen molar-refractivity contribution < 1.29 is 14.3 Å². The molecule has 0 saturated heterocycles. The van der Waals surface area contributed by atoms with Gasteiger partial charge in [0, 0.05) is 0 Å². The first kappa shape index (κ1) is 13.6. The quantitative estimate of drug-likeness (QED) is 0.631. The van der Waals surface area contributed by atoms with Crippen LogP contribution in [0.5, 0.6) is 11.5 Å². The van der Waals surface area contributed by atoms with Crippen LogP contribution in [0.25, 0.3) is 0 Å². The first-order valence-corrected chi connectivity index (χ1v) is 6.08. The van der Waals surface area contributed by atoms with Gasteiger partial charge in [-0.1, -0.05) is 18.2 Å². The van der Waals surface area contributed by atoms with Crippen molar-refractivity contribution in [2.24, 2.45) is 0 Å². The third-order valence-corrected chi connectivity index (χ3v) is 2.66. The van der Waals surface area contributed by atoms with Gasteiger partial charge in [0.15, 0.2) is 6.61 Å². The number of benzene rings is 2. The van der Waals surface area contributed by atoms with Crippen LogP contribution in [0.3, 0.4) is 0 Å². The highest BCUT2D eigenvalue weighted by molar-refractivity contribution is 5.74. The summed E-state index contributed by atoms with van der Waals surface area (Å²) in [5.41, 5.74) is 1.43. The molecule has 0 unspecified atom stereocenters. The van der Waals surface area contributed by atoms with Gasteiger partial charge in [-0.25, -0.2) is 4.79 Å². The molecule has 0 atom stereocenters. The van der Waals surface area contributed by atoms with E-state index in [1.807, 2.05) is 25.1 Å². The van der Waals surface area contributed by atoms with Crippen LogP contribution in [0.4, 0.5) is 0 Å². The Morgan fingerprint density at radius 3 is 2.50 bits per heavy atom. The molecule has 4 heteroatoms. The van der Waals surface area contributed by atoms with Gasteiger partial charge in [0.2, 0.25) is 0 Å². The number of esters is 1. The standard InChI is InChI=1S/C16H13NO3/c1-12-4-2-3-5-15(12)20-16(18)11-19-14-8-6-13(10-17)7-9-14/h2-9H,11H2,1H3. The second kappa shape index (κ2) is 6.39. The Kier molecular flexibility index (Phi) is 4.35. The normalized spacial score (nSPS) is 9.60. The summed E-state index contributed by atoms with van der Waals surface area (Å²) in [6, 6.07) is 15.8. The summed E-state index contributed by atoms with van der Waals surface area (Å²) in [5, 5.41) is 8.67. The van der Waals surface area contributed by atoms with Crippen LogP contribution in [0, 0.1) is 18.3 Å². The van der Waals surface area contributed by atoms with Crippen molar-refractivity contribution >= 4 is 5.97 Å². The van der Waals surface area contributed by atoms with Crippen molar-refractivity contribution in [2.75, 3.05) is 6.61 Å². The lowest BCUT2D eigenvalue weighted by atomic mass is 10.2. The van der Waals surface area contributed by atoms with Gasteiger partial charge in [-0.15, -0.1) is 0 Å². The number of nitriles is 1. The van der Waals surface area contributed by atoms with Gasteiger partial charge >= 0.3 is 5.97 Å². The lowest BCUT2D eigenvalue weighted by molar-refractivity contribution is -0.136. The molecule has 0 spiro atoms. The molecule has 4 nitrogen and oxygen atoms in total. The minimum Gasteiger partial charge on any atom is -0.482 e. The van der Waals surface area contributed by atoms with Gasteiger partial charge in [0.1, 0.15) is 11.5 Å². The second-order valence-corrected chi connectivity index (χ2v) is 4.16. The first-order valence-electron chi connectivity index (χ1n) is 6.08. The van der Waals surface area contributed by atoms with Crippen molar-refractivity contribution in [2.45, 2.75) is 6.92 Å². The van der Waals surface area contributed by atoms with Gasteiger partial charge in [0.25, 0.3) is 0 Å². The third kappa shape index (κ3) is 3.59. The van der Waals surface area contributed by atoms with E-state index in [4.69, 9.17) is 14.7 Å². The van der Waals surface area contributed by atoms with Crippen molar-refractivity contribution in [3.8, 4) is 17.6 Å². The van der Waals surface area contributed by atoms with Crippen LogP contribution in [0.1, 0.15) is 11.1 Å². The van der Waals surface area contributed by atoms with Crippen LogP contribution < -0.4 is 9.47 Å². The fourth-order valence-electron chi connectivity index (χ4n) is 1.59. The van der Waals surface area contributed by atoms with E-state index >= 15 is 0 Å². The molecule has 0 aromatic heterocycles. The number of aryl methyl sites for hydroxylation is 1. The highest BCUT2D eigenvalue weighted by Crippen LogP contribution is 2.17. The topological polar surface area (TPSA) is 59.3 Å². The van der Waals surface area contributed by atoms with E-state index in [9.17, 15) is 4.79 Å². The van der Waals surface area contributed by atoms with E-state index in [1.54, 1.807) is 36.4 Å². The van der Waals surface area contributed by atoms with Gasteiger partial charge in [-0.05, 0) is 42.8 Å². The maximum atomic E-state index is 11.7. The Balaban J connectivity index is 1.89. The van der Waals surface area contributed by atoms with Gasteiger partial charge in [-0.2, -0.15) is 5.26 Å². The van der Waals surface area contributed by atoms with Gasteiger partial charge < -0.3 is 9.47 Å². The zero-order valence-electron chi connectivity index (χ0n) is 11.0. The second-order valence-electron chi connectivity index (χ2n) is 4.16. The molecule has 0 heterocycles. The SMILES string of the molecule is Cc1ccccc1OC(=O)COc1ccc(C#N)cc1. The predicted octanol–water partition coefficient (Wildman–Crippen LogP) is 2.85. The monoisotopic (exact) mass is 267 g/mol. The van der Waals surface area contributed by atoms with E-state index in [-0.39, 0.29) is 6.61 Å². The van der Waals surface area contributed by atoms with Crippen LogP contribution in [0.15, 0.2) is 48.5 Å². The zero-order valence-corrected chi connectivity index (χ0v) is 11.0. The Morgan fingerprint density at radius 2 is 1.85 bits per heavy atom. The fourth-order valence-corrected chi connectivity index (χ4v) is 1.59. The Labute approximate surface area is 117 Å². The third-order valence-electron chi connectivity index (χ3n) is 2.66. The number of ether oxygens (including phenoxy) is 2. The number of para-hydroxylation sites is 1. The molecule has 0 aliphatic carbocycles. The van der Waals surface area contributed by atoms with Crippen molar-refractivity contribution in [3.63, 3.8) is 0 Å². The minimum atomic E-state index is -0.469. The number of carbonyl (C=O) groups is 1. The van der Waals surface area contributed by atoms with E-state index < -0.39 is 5.97 Å². The lowest BCUT2D eigenvalue weighted by Crippen LogP contribution is -2.18. The van der Waals surface area contributed by atoms with Crippen molar-refractivity contribution in [1.82, 2.24) is 0 Å². The Bertz CT molecular complexity index is 642. The molecule has 0 amide bonds. The summed E-state index contributed by atoms with van der Waals surface area (Å²) in [6.07, 6.45) is 0. The smallest absolute Gasteiger partial charge is 0.349 e. The van der Waals surface area contributed by atoms with Crippen molar-refractivity contribution in [3.05, 3.63) is 59.7 Å². The van der Waals surface area contributed by atoms with Crippen LogP contribution in [0.2, 0.25) is 0 Å². The molecule has 0 N–H and O–H groups in total. The lowest BCUT2D eigenvalue weighted by Gasteiger charge is -2.08. The van der Waals surface area contributed by atoms with Crippen LogP contribution in [-0.4, -0.2) is 12.6 Å². The predicted molar refractivity (Wildman–Crippen MR) is 73.5 cm³/mol. The zero-order chi connectivity index (χ0) is 14.4. The molecule has 20 heavy (non-hydrogen) atoms. The van der Waals surface area contributed by atoms with E-state index in [2.05, 4.69) is 0 Å². The largest absolute Gasteiger partial charge is 0.482 e. The summed E-state index contributed by atoms with van der Waals surface area (Å²) in [4.78, 5) is 11.7. The molecule has 0 bridgehead atoms. The summed E-state index contributed by atoms with van der Waals surface area (Å²) in [5.74, 6) is 0.579. The minimum absolute atomic E-state index is 0.180. The molecule has 0 aliphatic heterocycles. The van der Waals surface area contributed by atoms with Crippen LogP contribution in [-0.2, 0) is 4.79 Å². The molecule has 0 saturated carbocycles. The summed E-state index contributed by atoms with van der Waals surface area (Å²) in [6.45, 7) is 1.68. The average Bonchev–Trinajstić information content (AvgIpc) is 2.48. The van der Waals surface area contributed by atoms with Crippen LogP contribution >= 0.6 is 0 Å². The Hall–Kier alpha value is -2.80. The fraction of sp³-hybridized carbons (Fsp3) is 0.125. The van der Waals surface area contributed by atoms with Gasteiger partial charge in [0.05, 0.1) is 11.6 Å². The summed E-state index contributed by atoms with van der Waals surface area (Å²) >= 11 is 0. The molecule has 2 aromatic carbocycles.